The van der Waals surface area contributed by atoms with E-state index >= 15 is 0 Å². The fourth-order valence-electron chi connectivity index (χ4n) is 1.65. The van der Waals surface area contributed by atoms with Crippen LogP contribution in [0.2, 0.25) is 0 Å². The number of aromatic nitrogens is 2. The highest BCUT2D eigenvalue weighted by atomic mass is 79.9. The van der Waals surface area contributed by atoms with Gasteiger partial charge in [0.25, 0.3) is 0 Å². The molecule has 0 saturated carbocycles. The summed E-state index contributed by atoms with van der Waals surface area (Å²) in [7, 11) is 0. The highest BCUT2D eigenvalue weighted by Crippen LogP contribution is 2.19. The molecule has 1 N–H and O–H groups in total. The van der Waals surface area contributed by atoms with Crippen molar-refractivity contribution in [3.05, 3.63) is 52.1 Å². The number of hydrogen-bond donors (Lipinski definition) is 1. The third-order valence-corrected chi connectivity index (χ3v) is 3.52. The van der Waals surface area contributed by atoms with E-state index in [1.165, 1.54) is 18.5 Å². The maximum Gasteiger partial charge on any atom is 0.129 e. The van der Waals surface area contributed by atoms with Crippen LogP contribution in [0, 0.1) is 5.82 Å². The van der Waals surface area contributed by atoms with E-state index < -0.39 is 0 Å². The normalized spacial score (nSPS) is 10.8. The molecule has 2 rings (SSSR count). The maximum atomic E-state index is 13.2. The molecule has 0 saturated heterocycles. The second-order valence-corrected chi connectivity index (χ2v) is 5.43. The van der Waals surface area contributed by atoms with Gasteiger partial charge in [-0.05, 0) is 29.7 Å². The summed E-state index contributed by atoms with van der Waals surface area (Å²) in [6.07, 6.45) is 1.54. The molecule has 0 amide bonds. The van der Waals surface area contributed by atoms with Gasteiger partial charge in [-0.3, -0.25) is 0 Å². The number of nitrogens with one attached hydrogen (secondary N) is 1. The van der Waals surface area contributed by atoms with Crippen molar-refractivity contribution in [1.82, 2.24) is 9.97 Å². The standard InChI is InChI=1S/C14H15BrFN3/c1-9(2)13-6-14(19-8-18-13)17-7-10-5-11(16)3-4-12(10)15/h3-6,8-9H,7H2,1-2H3,(H,17,18,19). The van der Waals surface area contributed by atoms with Gasteiger partial charge in [0.05, 0.1) is 0 Å². The van der Waals surface area contributed by atoms with Gasteiger partial charge in [0.2, 0.25) is 0 Å². The van der Waals surface area contributed by atoms with E-state index in [9.17, 15) is 4.39 Å². The minimum absolute atomic E-state index is 0.245. The zero-order valence-electron chi connectivity index (χ0n) is 10.8. The van der Waals surface area contributed by atoms with Gasteiger partial charge in [-0.2, -0.15) is 0 Å². The largest absolute Gasteiger partial charge is 0.366 e. The molecule has 5 heteroatoms. The molecule has 100 valence electrons. The summed E-state index contributed by atoms with van der Waals surface area (Å²) in [5.74, 6) is 0.852. The summed E-state index contributed by atoms with van der Waals surface area (Å²) in [4.78, 5) is 8.36. The number of halogens is 2. The molecular weight excluding hydrogens is 309 g/mol. The molecule has 0 spiro atoms. The first-order valence-electron chi connectivity index (χ1n) is 6.06. The van der Waals surface area contributed by atoms with Gasteiger partial charge in [-0.25, -0.2) is 14.4 Å². The monoisotopic (exact) mass is 323 g/mol. The minimum Gasteiger partial charge on any atom is -0.366 e. The average Bonchev–Trinajstić information content (AvgIpc) is 2.40. The molecule has 19 heavy (non-hydrogen) atoms. The molecule has 0 atom stereocenters. The van der Waals surface area contributed by atoms with Crippen molar-refractivity contribution >= 4 is 21.7 Å². The first-order chi connectivity index (χ1) is 9.06. The first kappa shape index (κ1) is 13.9. The van der Waals surface area contributed by atoms with E-state index in [0.29, 0.717) is 12.5 Å². The lowest BCUT2D eigenvalue weighted by molar-refractivity contribution is 0.625. The number of benzene rings is 1. The van der Waals surface area contributed by atoms with Gasteiger partial charge in [0.1, 0.15) is 18.0 Å². The Hall–Kier alpha value is -1.49. The molecule has 1 aromatic carbocycles. The van der Waals surface area contributed by atoms with E-state index in [4.69, 9.17) is 0 Å². The zero-order valence-corrected chi connectivity index (χ0v) is 12.4. The molecule has 0 aliphatic heterocycles. The SMILES string of the molecule is CC(C)c1cc(NCc2cc(F)ccc2Br)ncn1. The molecule has 0 radical (unpaired) electrons. The molecule has 1 heterocycles. The van der Waals surface area contributed by atoms with Crippen molar-refractivity contribution in [2.24, 2.45) is 0 Å². The van der Waals surface area contributed by atoms with Crippen LogP contribution in [-0.4, -0.2) is 9.97 Å². The topological polar surface area (TPSA) is 37.8 Å². The van der Waals surface area contributed by atoms with Crippen molar-refractivity contribution in [3.63, 3.8) is 0 Å². The number of anilines is 1. The molecule has 0 aliphatic carbocycles. The van der Waals surface area contributed by atoms with Gasteiger partial charge in [-0.15, -0.1) is 0 Å². The smallest absolute Gasteiger partial charge is 0.129 e. The Kier molecular flexibility index (Phi) is 4.47. The van der Waals surface area contributed by atoms with E-state index in [0.717, 1.165) is 21.5 Å². The number of hydrogen-bond acceptors (Lipinski definition) is 3. The summed E-state index contributed by atoms with van der Waals surface area (Å²) in [6, 6.07) is 6.54. The van der Waals surface area contributed by atoms with Crippen LogP contribution in [0.15, 0.2) is 35.1 Å². The van der Waals surface area contributed by atoms with Crippen LogP contribution in [0.1, 0.15) is 31.0 Å². The lowest BCUT2D eigenvalue weighted by Gasteiger charge is -2.09. The van der Waals surface area contributed by atoms with Crippen molar-refractivity contribution in [3.8, 4) is 0 Å². The molecule has 0 aliphatic rings. The maximum absolute atomic E-state index is 13.2. The van der Waals surface area contributed by atoms with Crippen LogP contribution >= 0.6 is 15.9 Å². The fourth-order valence-corrected chi connectivity index (χ4v) is 2.04. The van der Waals surface area contributed by atoms with Crippen molar-refractivity contribution < 1.29 is 4.39 Å². The van der Waals surface area contributed by atoms with E-state index in [1.807, 2.05) is 6.07 Å². The van der Waals surface area contributed by atoms with E-state index in [1.54, 1.807) is 6.07 Å². The second kappa shape index (κ2) is 6.10. The van der Waals surface area contributed by atoms with E-state index in [2.05, 4.69) is 45.1 Å². The van der Waals surface area contributed by atoms with Crippen molar-refractivity contribution in [2.45, 2.75) is 26.3 Å². The number of rotatable bonds is 4. The Morgan fingerprint density at radius 3 is 2.79 bits per heavy atom. The van der Waals surface area contributed by atoms with Crippen LogP contribution in [-0.2, 0) is 6.54 Å². The van der Waals surface area contributed by atoms with Gasteiger partial charge < -0.3 is 5.32 Å². The Balaban J connectivity index is 2.10. The van der Waals surface area contributed by atoms with Crippen molar-refractivity contribution in [2.75, 3.05) is 5.32 Å². The third-order valence-electron chi connectivity index (χ3n) is 2.75. The molecule has 0 bridgehead atoms. The van der Waals surface area contributed by atoms with Crippen molar-refractivity contribution in [1.29, 1.82) is 0 Å². The lowest BCUT2D eigenvalue weighted by Crippen LogP contribution is -2.04. The second-order valence-electron chi connectivity index (χ2n) is 4.57. The predicted molar refractivity (Wildman–Crippen MR) is 77.5 cm³/mol. The highest BCUT2D eigenvalue weighted by Gasteiger charge is 2.05. The molecule has 0 unspecified atom stereocenters. The van der Waals surface area contributed by atoms with Crippen LogP contribution in [0.4, 0.5) is 10.2 Å². The Morgan fingerprint density at radius 1 is 1.26 bits per heavy atom. The summed E-state index contributed by atoms with van der Waals surface area (Å²) < 4.78 is 14.0. The van der Waals surface area contributed by atoms with Crippen LogP contribution < -0.4 is 5.32 Å². The summed E-state index contributed by atoms with van der Waals surface area (Å²) in [5.41, 5.74) is 1.83. The van der Waals surface area contributed by atoms with Gasteiger partial charge in [0.15, 0.2) is 0 Å². The van der Waals surface area contributed by atoms with Crippen LogP contribution in [0.5, 0.6) is 0 Å². The summed E-state index contributed by atoms with van der Waals surface area (Å²) in [5, 5.41) is 3.18. The highest BCUT2D eigenvalue weighted by molar-refractivity contribution is 9.10. The van der Waals surface area contributed by atoms with Gasteiger partial charge >= 0.3 is 0 Å². The molecule has 1 aromatic heterocycles. The van der Waals surface area contributed by atoms with Crippen LogP contribution in [0.25, 0.3) is 0 Å². The van der Waals surface area contributed by atoms with E-state index in [-0.39, 0.29) is 5.82 Å². The minimum atomic E-state index is -0.245. The molecule has 2 aromatic rings. The summed E-state index contributed by atoms with van der Waals surface area (Å²) in [6.45, 7) is 4.66. The predicted octanol–water partition coefficient (Wildman–Crippen LogP) is 4.11. The number of nitrogens with zero attached hydrogens (tertiary/aromatic N) is 2. The Labute approximate surface area is 120 Å². The Morgan fingerprint density at radius 2 is 2.05 bits per heavy atom. The zero-order chi connectivity index (χ0) is 13.8. The molecular formula is C14H15BrFN3. The first-order valence-corrected chi connectivity index (χ1v) is 6.85. The third kappa shape index (κ3) is 3.73. The summed E-state index contributed by atoms with van der Waals surface area (Å²) >= 11 is 3.40. The Bertz CT molecular complexity index is 572. The van der Waals surface area contributed by atoms with Crippen LogP contribution in [0.3, 0.4) is 0 Å². The molecule has 3 nitrogen and oxygen atoms in total. The quantitative estimate of drug-likeness (QED) is 0.919. The average molecular weight is 324 g/mol. The lowest BCUT2D eigenvalue weighted by atomic mass is 10.1. The molecule has 0 fully saturated rings. The fraction of sp³-hybridized carbons (Fsp3) is 0.286. The van der Waals surface area contributed by atoms with Gasteiger partial charge in [-0.1, -0.05) is 29.8 Å². The van der Waals surface area contributed by atoms with Gasteiger partial charge in [0, 0.05) is 22.8 Å².